The maximum Gasteiger partial charge on any atom is 0.232 e. The van der Waals surface area contributed by atoms with Crippen LogP contribution in [0.25, 0.3) is 10.2 Å². The predicted octanol–water partition coefficient (Wildman–Crippen LogP) is 4.17. The van der Waals surface area contributed by atoms with Gasteiger partial charge in [0.15, 0.2) is 0 Å². The highest BCUT2D eigenvalue weighted by Crippen LogP contribution is 2.40. The number of thioether (sulfide) groups is 1. The van der Waals surface area contributed by atoms with E-state index >= 15 is 0 Å². The van der Waals surface area contributed by atoms with Gasteiger partial charge in [-0.15, -0.1) is 11.3 Å². The van der Waals surface area contributed by atoms with Gasteiger partial charge in [-0.25, -0.2) is 9.97 Å². The summed E-state index contributed by atoms with van der Waals surface area (Å²) in [4.78, 5) is 26.2. The van der Waals surface area contributed by atoms with E-state index in [1.807, 2.05) is 16.2 Å². The fourth-order valence-corrected chi connectivity index (χ4v) is 6.34. The number of rotatable bonds is 3. The van der Waals surface area contributed by atoms with E-state index in [1.54, 1.807) is 18.1 Å². The number of aromatic nitrogens is 2. The van der Waals surface area contributed by atoms with E-state index in [1.165, 1.54) is 28.7 Å². The molecule has 1 fully saturated rings. The van der Waals surface area contributed by atoms with Gasteiger partial charge in [0.1, 0.15) is 16.2 Å². The van der Waals surface area contributed by atoms with Gasteiger partial charge < -0.3 is 4.90 Å². The molecule has 1 amide bonds. The lowest BCUT2D eigenvalue weighted by atomic mass is 9.89. The van der Waals surface area contributed by atoms with Crippen LogP contribution in [0, 0.1) is 11.8 Å². The number of hydrogen-bond donors (Lipinski definition) is 0. The molecule has 4 nitrogen and oxygen atoms in total. The second-order valence-electron chi connectivity index (χ2n) is 7.59. The van der Waals surface area contributed by atoms with E-state index in [0.29, 0.717) is 11.7 Å². The Morgan fingerprint density at radius 3 is 3.04 bits per heavy atom. The third-order valence-electron chi connectivity index (χ3n) is 5.40. The Kier molecular flexibility index (Phi) is 5.00. The summed E-state index contributed by atoms with van der Waals surface area (Å²) in [5, 5.41) is 2.22. The molecule has 0 spiro atoms. The van der Waals surface area contributed by atoms with Crippen LogP contribution in [0.2, 0.25) is 0 Å². The highest BCUT2D eigenvalue weighted by atomic mass is 32.2. The van der Waals surface area contributed by atoms with E-state index < -0.39 is 0 Å². The molecule has 25 heavy (non-hydrogen) atoms. The maximum atomic E-state index is 12.6. The van der Waals surface area contributed by atoms with Crippen molar-refractivity contribution in [2.45, 2.75) is 51.0 Å². The van der Waals surface area contributed by atoms with Crippen molar-refractivity contribution in [3.8, 4) is 0 Å². The number of fused-ring (bicyclic) bond motifs is 3. The highest BCUT2D eigenvalue weighted by Gasteiger charge is 2.25. The molecule has 4 rings (SSSR count). The van der Waals surface area contributed by atoms with Gasteiger partial charge in [-0.1, -0.05) is 25.6 Å². The normalized spacial score (nSPS) is 23.7. The van der Waals surface area contributed by atoms with Crippen molar-refractivity contribution in [2.24, 2.45) is 11.8 Å². The summed E-state index contributed by atoms with van der Waals surface area (Å²) in [5.74, 6) is 2.12. The zero-order valence-electron chi connectivity index (χ0n) is 15.0. The van der Waals surface area contributed by atoms with Gasteiger partial charge in [-0.3, -0.25) is 4.79 Å². The third-order valence-corrected chi connectivity index (χ3v) is 7.54. The molecule has 0 aromatic carbocycles. The summed E-state index contributed by atoms with van der Waals surface area (Å²) in [6, 6.07) is 0. The number of likely N-dealkylation sites (tertiary alicyclic amines) is 1. The minimum absolute atomic E-state index is 0.251. The SMILES string of the molecule is C[C@H]1CCc2c(sc3ncnc(SCC(=O)N4CCC[C@H](C)C4)c23)C1. The van der Waals surface area contributed by atoms with Gasteiger partial charge in [0.25, 0.3) is 0 Å². The first-order valence-electron chi connectivity index (χ1n) is 9.27. The van der Waals surface area contributed by atoms with Crippen LogP contribution in [0.1, 0.15) is 43.6 Å². The molecule has 6 heteroatoms. The van der Waals surface area contributed by atoms with Crippen molar-refractivity contribution in [1.29, 1.82) is 0 Å². The molecule has 2 atom stereocenters. The fraction of sp³-hybridized carbons (Fsp3) is 0.632. The number of carbonyl (C=O) groups excluding carboxylic acids is 1. The van der Waals surface area contributed by atoms with Gasteiger partial charge in [0.2, 0.25) is 5.91 Å². The number of piperidine rings is 1. The fourth-order valence-electron chi connectivity index (χ4n) is 3.99. The second kappa shape index (κ2) is 7.23. The molecule has 0 N–H and O–H groups in total. The topological polar surface area (TPSA) is 46.1 Å². The second-order valence-corrected chi connectivity index (χ2v) is 9.63. The number of thiophene rings is 1. The predicted molar refractivity (Wildman–Crippen MR) is 104 cm³/mol. The first-order chi connectivity index (χ1) is 12.1. The summed E-state index contributed by atoms with van der Waals surface area (Å²) in [6.45, 7) is 6.38. The van der Waals surface area contributed by atoms with Crippen LogP contribution in [-0.2, 0) is 17.6 Å². The molecule has 1 aliphatic heterocycles. The Morgan fingerprint density at radius 1 is 1.32 bits per heavy atom. The number of nitrogens with zero attached hydrogens (tertiary/aromatic N) is 3. The number of carbonyl (C=O) groups is 1. The van der Waals surface area contributed by atoms with Crippen molar-refractivity contribution >= 4 is 39.2 Å². The van der Waals surface area contributed by atoms with Crippen LogP contribution >= 0.6 is 23.1 Å². The van der Waals surface area contributed by atoms with Crippen LogP contribution in [0.3, 0.4) is 0 Å². The van der Waals surface area contributed by atoms with E-state index in [9.17, 15) is 4.79 Å². The van der Waals surface area contributed by atoms with Crippen molar-refractivity contribution in [3.63, 3.8) is 0 Å². The molecular formula is C19H25N3OS2. The highest BCUT2D eigenvalue weighted by molar-refractivity contribution is 8.00. The van der Waals surface area contributed by atoms with Crippen molar-refractivity contribution in [2.75, 3.05) is 18.8 Å². The summed E-state index contributed by atoms with van der Waals surface area (Å²) in [7, 11) is 0. The lowest BCUT2D eigenvalue weighted by Crippen LogP contribution is -2.40. The van der Waals surface area contributed by atoms with E-state index in [4.69, 9.17) is 0 Å². The average molecular weight is 376 g/mol. The molecule has 0 saturated carbocycles. The Morgan fingerprint density at radius 2 is 2.20 bits per heavy atom. The molecule has 1 saturated heterocycles. The minimum atomic E-state index is 0.251. The van der Waals surface area contributed by atoms with Gasteiger partial charge in [0, 0.05) is 23.4 Å². The van der Waals surface area contributed by atoms with Crippen molar-refractivity contribution < 1.29 is 4.79 Å². The molecule has 0 radical (unpaired) electrons. The zero-order valence-corrected chi connectivity index (χ0v) is 16.6. The van der Waals surface area contributed by atoms with Crippen LogP contribution in [0.15, 0.2) is 11.4 Å². The van der Waals surface area contributed by atoms with Gasteiger partial charge >= 0.3 is 0 Å². The van der Waals surface area contributed by atoms with E-state index in [0.717, 1.165) is 48.1 Å². The standard InChI is InChI=1S/C19H25N3OS2/c1-12-5-6-14-15(8-12)25-19-17(14)18(20-11-21-19)24-10-16(23)22-7-3-4-13(2)9-22/h11-13H,3-10H2,1-2H3/t12-,13-/m0/s1. The van der Waals surface area contributed by atoms with E-state index in [-0.39, 0.29) is 5.91 Å². The Balaban J connectivity index is 1.53. The van der Waals surface area contributed by atoms with Gasteiger partial charge in [-0.2, -0.15) is 0 Å². The molecule has 3 heterocycles. The molecule has 1 aliphatic carbocycles. The average Bonchev–Trinajstić information content (AvgIpc) is 2.97. The lowest BCUT2D eigenvalue weighted by molar-refractivity contribution is -0.130. The largest absolute Gasteiger partial charge is 0.342 e. The third kappa shape index (κ3) is 3.56. The molecule has 2 aliphatic rings. The first kappa shape index (κ1) is 17.3. The number of aryl methyl sites for hydroxylation is 1. The van der Waals surface area contributed by atoms with Crippen LogP contribution in [0.5, 0.6) is 0 Å². The zero-order chi connectivity index (χ0) is 17.4. The quantitative estimate of drug-likeness (QED) is 0.597. The minimum Gasteiger partial charge on any atom is -0.342 e. The Hall–Kier alpha value is -1.14. The number of amides is 1. The molecular weight excluding hydrogens is 350 g/mol. The van der Waals surface area contributed by atoms with Crippen LogP contribution < -0.4 is 0 Å². The van der Waals surface area contributed by atoms with Gasteiger partial charge in [0.05, 0.1) is 5.75 Å². The van der Waals surface area contributed by atoms with Crippen LogP contribution in [-0.4, -0.2) is 39.6 Å². The smallest absolute Gasteiger partial charge is 0.232 e. The van der Waals surface area contributed by atoms with Crippen molar-refractivity contribution in [3.05, 3.63) is 16.8 Å². The summed E-state index contributed by atoms with van der Waals surface area (Å²) >= 11 is 3.42. The first-order valence-corrected chi connectivity index (χ1v) is 11.1. The summed E-state index contributed by atoms with van der Waals surface area (Å²) in [6.07, 6.45) is 7.54. The molecule has 2 aromatic rings. The molecule has 134 valence electrons. The summed E-state index contributed by atoms with van der Waals surface area (Å²) < 4.78 is 0. The Bertz CT molecular complexity index is 788. The van der Waals surface area contributed by atoms with Crippen LogP contribution in [0.4, 0.5) is 0 Å². The van der Waals surface area contributed by atoms with E-state index in [2.05, 4.69) is 23.8 Å². The Labute approximate surface area is 157 Å². The monoisotopic (exact) mass is 375 g/mol. The maximum absolute atomic E-state index is 12.6. The lowest BCUT2D eigenvalue weighted by Gasteiger charge is -2.30. The molecule has 0 bridgehead atoms. The molecule has 2 aromatic heterocycles. The molecule has 0 unspecified atom stereocenters. The van der Waals surface area contributed by atoms with Crippen molar-refractivity contribution in [1.82, 2.24) is 14.9 Å². The summed E-state index contributed by atoms with van der Waals surface area (Å²) in [5.41, 5.74) is 1.44. The van der Waals surface area contributed by atoms with Gasteiger partial charge in [-0.05, 0) is 49.5 Å². The number of hydrogen-bond acceptors (Lipinski definition) is 5.